The van der Waals surface area contributed by atoms with Gasteiger partial charge in [0.25, 0.3) is 0 Å². The van der Waals surface area contributed by atoms with E-state index in [0.717, 1.165) is 29.9 Å². The van der Waals surface area contributed by atoms with Gasteiger partial charge in [0, 0.05) is 0 Å². The van der Waals surface area contributed by atoms with Crippen LogP contribution in [0.5, 0.6) is 11.5 Å². The standard InChI is InChI=1S/C18H21NO3/c1-2-3-15-4-8-17(9-5-15)21-12-13-22-18-10-6-16(7-11-18)14-19-20/h4-11,14,20H,2-3,12-13H2,1H3. The smallest absolute Gasteiger partial charge is 0.122 e. The summed E-state index contributed by atoms with van der Waals surface area (Å²) < 4.78 is 11.2. The molecule has 0 atom stereocenters. The Hall–Kier alpha value is -2.49. The second-order valence-electron chi connectivity index (χ2n) is 4.90. The highest BCUT2D eigenvalue weighted by Gasteiger charge is 1.97. The van der Waals surface area contributed by atoms with Crippen molar-refractivity contribution in [3.63, 3.8) is 0 Å². The topological polar surface area (TPSA) is 51.0 Å². The maximum Gasteiger partial charge on any atom is 0.122 e. The van der Waals surface area contributed by atoms with Gasteiger partial charge in [-0.05, 0) is 53.9 Å². The Bertz CT molecular complexity index is 576. The summed E-state index contributed by atoms with van der Waals surface area (Å²) in [5.74, 6) is 1.62. The van der Waals surface area contributed by atoms with Crippen LogP contribution in [0.4, 0.5) is 0 Å². The molecule has 2 aromatic rings. The van der Waals surface area contributed by atoms with Crippen LogP contribution in [0.1, 0.15) is 24.5 Å². The van der Waals surface area contributed by atoms with Gasteiger partial charge in [0.05, 0.1) is 6.21 Å². The van der Waals surface area contributed by atoms with E-state index in [1.165, 1.54) is 11.8 Å². The first kappa shape index (κ1) is 15.9. The van der Waals surface area contributed by atoms with Gasteiger partial charge in [-0.2, -0.15) is 0 Å². The van der Waals surface area contributed by atoms with Crippen molar-refractivity contribution >= 4 is 6.21 Å². The van der Waals surface area contributed by atoms with Crippen molar-refractivity contribution in [3.05, 3.63) is 59.7 Å². The Labute approximate surface area is 131 Å². The van der Waals surface area contributed by atoms with Crippen LogP contribution in [0.15, 0.2) is 53.7 Å². The molecule has 0 spiro atoms. The van der Waals surface area contributed by atoms with Crippen LogP contribution in [-0.4, -0.2) is 24.6 Å². The zero-order valence-electron chi connectivity index (χ0n) is 12.7. The second kappa shape index (κ2) is 8.72. The predicted molar refractivity (Wildman–Crippen MR) is 87.2 cm³/mol. The number of ether oxygens (including phenoxy) is 2. The summed E-state index contributed by atoms with van der Waals surface area (Å²) >= 11 is 0. The van der Waals surface area contributed by atoms with E-state index >= 15 is 0 Å². The molecule has 116 valence electrons. The summed E-state index contributed by atoms with van der Waals surface area (Å²) in [6.45, 7) is 3.14. The minimum atomic E-state index is 0.476. The summed E-state index contributed by atoms with van der Waals surface area (Å²) in [6.07, 6.45) is 3.62. The first-order chi connectivity index (χ1) is 10.8. The monoisotopic (exact) mass is 299 g/mol. The Morgan fingerprint density at radius 3 is 1.95 bits per heavy atom. The zero-order chi connectivity index (χ0) is 15.6. The number of benzene rings is 2. The normalized spacial score (nSPS) is 10.8. The molecular weight excluding hydrogens is 278 g/mol. The maximum absolute atomic E-state index is 8.44. The van der Waals surface area contributed by atoms with E-state index in [4.69, 9.17) is 14.7 Å². The second-order valence-corrected chi connectivity index (χ2v) is 4.90. The molecule has 0 unspecified atom stereocenters. The number of nitrogens with zero attached hydrogens (tertiary/aromatic N) is 1. The Morgan fingerprint density at radius 1 is 0.909 bits per heavy atom. The molecule has 0 fully saturated rings. The Morgan fingerprint density at radius 2 is 1.45 bits per heavy atom. The van der Waals surface area contributed by atoms with E-state index in [-0.39, 0.29) is 0 Å². The van der Waals surface area contributed by atoms with E-state index in [2.05, 4.69) is 24.2 Å². The molecule has 4 heteroatoms. The number of aryl methyl sites for hydroxylation is 1. The van der Waals surface area contributed by atoms with Crippen LogP contribution in [-0.2, 0) is 6.42 Å². The molecule has 0 aromatic heterocycles. The van der Waals surface area contributed by atoms with Gasteiger partial charge in [-0.15, -0.1) is 0 Å². The fraction of sp³-hybridized carbons (Fsp3) is 0.278. The van der Waals surface area contributed by atoms with Crippen molar-refractivity contribution in [1.82, 2.24) is 0 Å². The zero-order valence-corrected chi connectivity index (χ0v) is 12.7. The van der Waals surface area contributed by atoms with Gasteiger partial charge >= 0.3 is 0 Å². The molecule has 2 rings (SSSR count). The molecular formula is C18H21NO3. The molecule has 0 aliphatic rings. The number of oxime groups is 1. The van der Waals surface area contributed by atoms with Crippen molar-refractivity contribution in [2.45, 2.75) is 19.8 Å². The number of hydrogen-bond acceptors (Lipinski definition) is 4. The SMILES string of the molecule is CCCc1ccc(OCCOc2ccc(C=NO)cc2)cc1. The summed E-state index contributed by atoms with van der Waals surface area (Å²) in [5.41, 5.74) is 2.15. The van der Waals surface area contributed by atoms with Crippen molar-refractivity contribution in [2.75, 3.05) is 13.2 Å². The molecule has 0 aliphatic heterocycles. The summed E-state index contributed by atoms with van der Waals surface area (Å²) in [4.78, 5) is 0. The van der Waals surface area contributed by atoms with Crippen LogP contribution in [0.25, 0.3) is 0 Å². The molecule has 4 nitrogen and oxygen atoms in total. The highest BCUT2D eigenvalue weighted by atomic mass is 16.5. The van der Waals surface area contributed by atoms with Gasteiger partial charge in [-0.1, -0.05) is 30.6 Å². The first-order valence-electron chi connectivity index (χ1n) is 7.44. The fourth-order valence-electron chi connectivity index (χ4n) is 2.08. The number of hydrogen-bond donors (Lipinski definition) is 1. The van der Waals surface area contributed by atoms with Gasteiger partial charge in [0.15, 0.2) is 0 Å². The molecule has 0 heterocycles. The van der Waals surface area contributed by atoms with Gasteiger partial charge in [0.1, 0.15) is 24.7 Å². The predicted octanol–water partition coefficient (Wildman–Crippen LogP) is 3.91. The third kappa shape index (κ3) is 5.13. The summed E-state index contributed by atoms with van der Waals surface area (Å²) in [7, 11) is 0. The van der Waals surface area contributed by atoms with E-state index in [9.17, 15) is 0 Å². The molecule has 0 bridgehead atoms. The van der Waals surface area contributed by atoms with E-state index < -0.39 is 0 Å². The van der Waals surface area contributed by atoms with Gasteiger partial charge < -0.3 is 14.7 Å². The molecule has 0 saturated carbocycles. The summed E-state index contributed by atoms with van der Waals surface area (Å²) in [5, 5.41) is 11.4. The highest BCUT2D eigenvalue weighted by Crippen LogP contribution is 2.14. The molecule has 0 saturated heterocycles. The van der Waals surface area contributed by atoms with Crippen LogP contribution < -0.4 is 9.47 Å². The van der Waals surface area contributed by atoms with Crippen LogP contribution in [0.2, 0.25) is 0 Å². The minimum absolute atomic E-state index is 0.476. The van der Waals surface area contributed by atoms with E-state index in [1.54, 1.807) is 0 Å². The average molecular weight is 299 g/mol. The Balaban J connectivity index is 1.72. The highest BCUT2D eigenvalue weighted by molar-refractivity contribution is 5.79. The lowest BCUT2D eigenvalue weighted by atomic mass is 10.1. The third-order valence-electron chi connectivity index (χ3n) is 3.17. The van der Waals surface area contributed by atoms with E-state index in [1.807, 2.05) is 36.4 Å². The average Bonchev–Trinajstić information content (AvgIpc) is 2.55. The first-order valence-corrected chi connectivity index (χ1v) is 7.44. The fourth-order valence-corrected chi connectivity index (χ4v) is 2.08. The molecule has 0 amide bonds. The quantitative estimate of drug-likeness (QED) is 0.348. The van der Waals surface area contributed by atoms with Gasteiger partial charge in [0.2, 0.25) is 0 Å². The molecule has 0 radical (unpaired) electrons. The molecule has 1 N–H and O–H groups in total. The Kier molecular flexibility index (Phi) is 6.30. The summed E-state index contributed by atoms with van der Waals surface area (Å²) in [6, 6.07) is 15.5. The minimum Gasteiger partial charge on any atom is -0.490 e. The van der Waals surface area contributed by atoms with Crippen molar-refractivity contribution < 1.29 is 14.7 Å². The number of rotatable bonds is 8. The van der Waals surface area contributed by atoms with Crippen LogP contribution >= 0.6 is 0 Å². The van der Waals surface area contributed by atoms with Crippen molar-refractivity contribution in [3.8, 4) is 11.5 Å². The van der Waals surface area contributed by atoms with E-state index in [0.29, 0.717) is 13.2 Å². The lowest BCUT2D eigenvalue weighted by Crippen LogP contribution is -2.09. The van der Waals surface area contributed by atoms with Gasteiger partial charge in [-0.3, -0.25) is 0 Å². The lowest BCUT2D eigenvalue weighted by molar-refractivity contribution is 0.217. The van der Waals surface area contributed by atoms with Crippen molar-refractivity contribution in [1.29, 1.82) is 0 Å². The molecule has 0 aliphatic carbocycles. The molecule has 2 aromatic carbocycles. The third-order valence-corrected chi connectivity index (χ3v) is 3.17. The largest absolute Gasteiger partial charge is 0.490 e. The van der Waals surface area contributed by atoms with Crippen molar-refractivity contribution in [2.24, 2.45) is 5.16 Å². The van der Waals surface area contributed by atoms with Crippen LogP contribution in [0.3, 0.4) is 0 Å². The molecule has 22 heavy (non-hydrogen) atoms. The van der Waals surface area contributed by atoms with Crippen LogP contribution in [0, 0.1) is 0 Å². The lowest BCUT2D eigenvalue weighted by Gasteiger charge is -2.09. The maximum atomic E-state index is 8.44. The van der Waals surface area contributed by atoms with Gasteiger partial charge in [-0.25, -0.2) is 0 Å².